The molecule has 0 aliphatic heterocycles. The van der Waals surface area contributed by atoms with Gasteiger partial charge in [-0.1, -0.05) is 6.92 Å². The van der Waals surface area contributed by atoms with Gasteiger partial charge >= 0.3 is 11.9 Å². The van der Waals surface area contributed by atoms with E-state index in [0.717, 1.165) is 12.8 Å². The number of fused-ring (bicyclic) bond motifs is 5. The summed E-state index contributed by atoms with van der Waals surface area (Å²) in [6, 6.07) is 0. The first-order valence-electron chi connectivity index (χ1n) is 11.8. The van der Waals surface area contributed by atoms with Crippen molar-refractivity contribution in [2.45, 2.75) is 90.0 Å². The molecule has 1 N–H and O–H groups in total. The van der Waals surface area contributed by atoms with Crippen molar-refractivity contribution in [3.8, 4) is 0 Å². The van der Waals surface area contributed by atoms with E-state index in [2.05, 4.69) is 0 Å². The van der Waals surface area contributed by atoms with Crippen molar-refractivity contribution in [1.82, 2.24) is 0 Å². The lowest BCUT2D eigenvalue weighted by molar-refractivity contribution is -0.226. The number of halogens is 1. The number of esters is 2. The number of aliphatic hydroxyl groups excluding tert-OH is 1. The van der Waals surface area contributed by atoms with E-state index in [9.17, 15) is 19.5 Å². The molecule has 0 saturated heterocycles. The van der Waals surface area contributed by atoms with Gasteiger partial charge in [-0.3, -0.25) is 14.4 Å². The highest BCUT2D eigenvalue weighted by Crippen LogP contribution is 2.67. The number of Topliss-reactive ketones (excluding diaryl/α,β-unsaturated/α-hetero) is 1. The number of aliphatic hydroxyl groups is 1. The highest BCUT2D eigenvalue weighted by Gasteiger charge is 2.69. The Hall–Kier alpha value is -1.50. The van der Waals surface area contributed by atoms with Crippen LogP contribution >= 0.6 is 0 Å². The van der Waals surface area contributed by atoms with Crippen LogP contribution in [-0.4, -0.2) is 47.3 Å². The molecule has 31 heavy (non-hydrogen) atoms. The predicted octanol–water partition coefficient (Wildman–Crippen LogP) is 3.38. The quantitative estimate of drug-likeness (QED) is 0.677. The summed E-state index contributed by atoms with van der Waals surface area (Å²) in [4.78, 5) is 35.9. The molecule has 0 heterocycles. The van der Waals surface area contributed by atoms with Gasteiger partial charge in [-0.05, 0) is 68.6 Å². The molecule has 0 unspecified atom stereocenters. The van der Waals surface area contributed by atoms with Gasteiger partial charge in [-0.15, -0.1) is 0 Å². The van der Waals surface area contributed by atoms with E-state index in [-0.39, 0.29) is 47.4 Å². The van der Waals surface area contributed by atoms with Crippen LogP contribution in [0, 0.1) is 35.0 Å². The van der Waals surface area contributed by atoms with Crippen molar-refractivity contribution in [1.29, 1.82) is 0 Å². The Kier molecular flexibility index (Phi) is 5.95. The predicted molar refractivity (Wildman–Crippen MR) is 110 cm³/mol. The standard InChI is InChI=1S/C24H35FO6/c1-13(27)30-16-5-7-17-15(10-16)4-6-19-18-8-9-20(21(29)12-26)23(18,3)11-22(24(17,19)25)31-14(2)28/h15-20,22,26H,4-12H2,1-3H3/t15-,16-,17+,18+,19+,20-,22-,23+,24+/m1/s1. The molecule has 4 rings (SSSR count). The van der Waals surface area contributed by atoms with Crippen LogP contribution in [-0.2, 0) is 23.9 Å². The highest BCUT2D eigenvalue weighted by molar-refractivity contribution is 5.83. The summed E-state index contributed by atoms with van der Waals surface area (Å²) in [5.41, 5.74) is -2.10. The van der Waals surface area contributed by atoms with Gasteiger partial charge in [0, 0.05) is 31.6 Å². The Morgan fingerprint density at radius 2 is 1.58 bits per heavy atom. The lowest BCUT2D eigenvalue weighted by atomic mass is 9.47. The second kappa shape index (κ2) is 8.13. The van der Waals surface area contributed by atoms with Gasteiger partial charge < -0.3 is 14.6 Å². The van der Waals surface area contributed by atoms with E-state index in [1.54, 1.807) is 0 Å². The summed E-state index contributed by atoms with van der Waals surface area (Å²) in [5.74, 6) is -1.67. The monoisotopic (exact) mass is 438 g/mol. The third-order valence-corrected chi connectivity index (χ3v) is 9.12. The van der Waals surface area contributed by atoms with E-state index < -0.39 is 29.8 Å². The molecule has 0 bridgehead atoms. The summed E-state index contributed by atoms with van der Waals surface area (Å²) >= 11 is 0. The van der Waals surface area contributed by atoms with Gasteiger partial charge in [0.15, 0.2) is 11.5 Å². The van der Waals surface area contributed by atoms with Crippen molar-refractivity contribution >= 4 is 17.7 Å². The number of alkyl halides is 1. The second-order valence-corrected chi connectivity index (χ2v) is 10.6. The molecule has 0 spiro atoms. The largest absolute Gasteiger partial charge is 0.463 e. The molecular weight excluding hydrogens is 403 g/mol. The van der Waals surface area contributed by atoms with E-state index in [0.29, 0.717) is 38.5 Å². The summed E-state index contributed by atoms with van der Waals surface area (Å²) in [6.07, 6.45) is 4.11. The Morgan fingerprint density at radius 1 is 0.935 bits per heavy atom. The smallest absolute Gasteiger partial charge is 0.303 e. The van der Waals surface area contributed by atoms with E-state index >= 15 is 4.39 Å². The minimum absolute atomic E-state index is 0.0388. The van der Waals surface area contributed by atoms with E-state index in [4.69, 9.17) is 9.47 Å². The Bertz CT molecular complexity index is 754. The average Bonchev–Trinajstić information content (AvgIpc) is 3.03. The van der Waals surface area contributed by atoms with Gasteiger partial charge in [0.05, 0.1) is 0 Å². The Balaban J connectivity index is 1.66. The van der Waals surface area contributed by atoms with E-state index in [1.807, 2.05) is 6.92 Å². The zero-order chi connectivity index (χ0) is 22.6. The van der Waals surface area contributed by atoms with Crippen LogP contribution in [0.5, 0.6) is 0 Å². The summed E-state index contributed by atoms with van der Waals surface area (Å²) in [7, 11) is 0. The summed E-state index contributed by atoms with van der Waals surface area (Å²) in [6.45, 7) is 4.25. The van der Waals surface area contributed by atoms with Gasteiger partial charge in [0.2, 0.25) is 0 Å². The molecule has 4 aliphatic rings. The van der Waals surface area contributed by atoms with Crippen molar-refractivity contribution < 1.29 is 33.4 Å². The maximum atomic E-state index is 17.3. The first-order valence-corrected chi connectivity index (χ1v) is 11.8. The Morgan fingerprint density at radius 3 is 2.23 bits per heavy atom. The highest BCUT2D eigenvalue weighted by atomic mass is 19.1. The molecule has 4 aliphatic carbocycles. The number of carbonyl (C=O) groups is 3. The maximum Gasteiger partial charge on any atom is 0.303 e. The number of carbonyl (C=O) groups excluding carboxylic acids is 3. The van der Waals surface area contributed by atoms with Gasteiger partial charge in [-0.25, -0.2) is 4.39 Å². The topological polar surface area (TPSA) is 89.9 Å². The molecule has 6 nitrogen and oxygen atoms in total. The SMILES string of the molecule is CC(=O)O[C@@H]1CC[C@H]2[C@H](CC[C@H]3[C@@H]4CC[C@H](C(=O)CO)[C@@]4(C)C[C@@H](OC(C)=O)[C@]23F)C1. The van der Waals surface area contributed by atoms with Gasteiger partial charge in [0.25, 0.3) is 0 Å². The molecule has 0 aromatic heterocycles. The van der Waals surface area contributed by atoms with Crippen LogP contribution in [0.3, 0.4) is 0 Å². The average molecular weight is 439 g/mol. The minimum Gasteiger partial charge on any atom is -0.463 e. The Labute approximate surface area is 183 Å². The zero-order valence-electron chi connectivity index (χ0n) is 18.8. The van der Waals surface area contributed by atoms with Crippen LogP contribution in [0.4, 0.5) is 4.39 Å². The van der Waals surface area contributed by atoms with Crippen molar-refractivity contribution in [2.75, 3.05) is 6.61 Å². The molecule has 0 radical (unpaired) electrons. The molecule has 0 aromatic carbocycles. The van der Waals surface area contributed by atoms with Crippen LogP contribution in [0.25, 0.3) is 0 Å². The zero-order valence-corrected chi connectivity index (χ0v) is 18.8. The van der Waals surface area contributed by atoms with Crippen molar-refractivity contribution in [3.63, 3.8) is 0 Å². The fourth-order valence-corrected chi connectivity index (χ4v) is 8.09. The van der Waals surface area contributed by atoms with Crippen molar-refractivity contribution in [2.24, 2.45) is 35.0 Å². The summed E-state index contributed by atoms with van der Waals surface area (Å²) in [5, 5.41) is 9.49. The van der Waals surface area contributed by atoms with Crippen LogP contribution in [0.2, 0.25) is 0 Å². The fraction of sp³-hybridized carbons (Fsp3) is 0.875. The molecule has 0 aromatic rings. The fourth-order valence-electron chi connectivity index (χ4n) is 8.09. The van der Waals surface area contributed by atoms with Crippen LogP contribution in [0.15, 0.2) is 0 Å². The summed E-state index contributed by atoms with van der Waals surface area (Å²) < 4.78 is 28.4. The van der Waals surface area contributed by atoms with Crippen LogP contribution < -0.4 is 0 Å². The maximum absolute atomic E-state index is 17.3. The molecule has 9 atom stereocenters. The molecule has 174 valence electrons. The van der Waals surface area contributed by atoms with Crippen molar-refractivity contribution in [3.05, 3.63) is 0 Å². The molecular formula is C24H35FO6. The number of hydrogen-bond donors (Lipinski definition) is 1. The van der Waals surface area contributed by atoms with Crippen LogP contribution in [0.1, 0.15) is 72.1 Å². The molecule has 0 amide bonds. The van der Waals surface area contributed by atoms with E-state index in [1.165, 1.54) is 13.8 Å². The molecule has 7 heteroatoms. The third kappa shape index (κ3) is 3.61. The number of hydrogen-bond acceptors (Lipinski definition) is 6. The lowest BCUT2D eigenvalue weighted by Crippen LogP contribution is -2.66. The number of rotatable bonds is 4. The molecule has 4 fully saturated rings. The number of ketones is 1. The first-order chi connectivity index (χ1) is 14.6. The van der Waals surface area contributed by atoms with Gasteiger partial charge in [0.1, 0.15) is 18.8 Å². The second-order valence-electron chi connectivity index (χ2n) is 10.6. The normalized spacial score (nSPS) is 46.3. The van der Waals surface area contributed by atoms with Gasteiger partial charge in [-0.2, -0.15) is 0 Å². The number of ether oxygens (including phenoxy) is 2. The first kappa shape index (κ1) is 22.7. The lowest BCUT2D eigenvalue weighted by Gasteiger charge is -2.61. The molecule has 4 saturated carbocycles. The third-order valence-electron chi connectivity index (χ3n) is 9.12. The minimum atomic E-state index is -1.63.